The molecule has 0 aliphatic carbocycles. The van der Waals surface area contributed by atoms with Gasteiger partial charge in [-0.25, -0.2) is 13.0 Å². The third-order valence-corrected chi connectivity index (χ3v) is 6.42. The van der Waals surface area contributed by atoms with Gasteiger partial charge in [-0.2, -0.15) is 0 Å². The van der Waals surface area contributed by atoms with Crippen molar-refractivity contribution in [2.24, 2.45) is 7.05 Å². The number of rotatable bonds is 5. The SMILES string of the molecule is CN1CCN(c2ccc(/C=C/c3cc[n+](C)cc3)cc2)CC1.O=[N+]([O-])c1ccc(S(=O)(=O)[O-])cc1. The molecule has 2 aromatic carbocycles. The van der Waals surface area contributed by atoms with E-state index in [0.717, 1.165) is 50.4 Å². The Morgan fingerprint density at radius 1 is 0.857 bits per heavy atom. The summed E-state index contributed by atoms with van der Waals surface area (Å²) in [5.41, 5.74) is 3.54. The smallest absolute Gasteiger partial charge is 0.269 e. The predicted octanol–water partition coefficient (Wildman–Crippen LogP) is 2.93. The molecule has 2 heterocycles. The first kappa shape index (κ1) is 26.0. The van der Waals surface area contributed by atoms with Crippen molar-refractivity contribution in [1.82, 2.24) is 4.90 Å². The highest BCUT2D eigenvalue weighted by molar-refractivity contribution is 7.85. The molecule has 1 fully saturated rings. The van der Waals surface area contributed by atoms with Crippen LogP contribution >= 0.6 is 0 Å². The quantitative estimate of drug-likeness (QED) is 0.231. The molecule has 4 rings (SSSR count). The summed E-state index contributed by atoms with van der Waals surface area (Å²) in [5, 5.41) is 10.1. The fraction of sp³-hybridized carbons (Fsp3) is 0.240. The van der Waals surface area contributed by atoms with Gasteiger partial charge in [0.05, 0.1) is 9.82 Å². The Bertz CT molecular complexity index is 1250. The van der Waals surface area contributed by atoms with Crippen LogP contribution in [0.3, 0.4) is 0 Å². The minimum Gasteiger partial charge on any atom is -0.744 e. The van der Waals surface area contributed by atoms with Crippen LogP contribution in [0.2, 0.25) is 0 Å². The number of benzene rings is 2. The van der Waals surface area contributed by atoms with E-state index in [0.29, 0.717) is 0 Å². The molecule has 0 saturated carbocycles. The Morgan fingerprint density at radius 2 is 1.37 bits per heavy atom. The summed E-state index contributed by atoms with van der Waals surface area (Å²) < 4.78 is 33.2. The van der Waals surface area contributed by atoms with Crippen LogP contribution in [-0.4, -0.2) is 56.0 Å². The second kappa shape index (κ2) is 11.7. The summed E-state index contributed by atoms with van der Waals surface area (Å²) in [6.07, 6.45) is 8.46. The number of anilines is 1. The number of piperazine rings is 1. The first-order valence-electron chi connectivity index (χ1n) is 11.0. The maximum absolute atomic E-state index is 10.4. The standard InChI is InChI=1S/C19H24N3.C6H5NO5S/c1-20-11-9-18(10-12-20)4-3-17-5-7-19(8-6-17)22-15-13-21(2)14-16-22;8-7(9)5-1-3-6(4-2-5)13(10,11)12/h3-12H,13-16H2,1-2H3;1-4H,(H,10,11,12)/q+1;/p-1. The van der Waals surface area contributed by atoms with Crippen molar-refractivity contribution in [3.8, 4) is 0 Å². The van der Waals surface area contributed by atoms with Gasteiger partial charge in [-0.3, -0.25) is 10.1 Å². The molecule has 10 heteroatoms. The zero-order valence-electron chi connectivity index (χ0n) is 19.6. The van der Waals surface area contributed by atoms with Crippen LogP contribution in [0.5, 0.6) is 0 Å². The van der Waals surface area contributed by atoms with Gasteiger partial charge in [-0.1, -0.05) is 24.3 Å². The minimum atomic E-state index is -4.52. The van der Waals surface area contributed by atoms with Crippen LogP contribution in [0.25, 0.3) is 12.2 Å². The number of aromatic nitrogens is 1. The molecule has 1 aliphatic heterocycles. The van der Waals surface area contributed by atoms with Gasteiger partial charge in [0.15, 0.2) is 12.4 Å². The first-order valence-corrected chi connectivity index (χ1v) is 12.4. The fourth-order valence-electron chi connectivity index (χ4n) is 3.41. The van der Waals surface area contributed by atoms with Gasteiger partial charge in [0, 0.05) is 56.1 Å². The molecule has 35 heavy (non-hydrogen) atoms. The lowest BCUT2D eigenvalue weighted by Gasteiger charge is -2.34. The number of likely N-dealkylation sites (N-methyl/N-ethyl adjacent to an activating group) is 1. The topological polar surface area (TPSA) is 111 Å². The van der Waals surface area contributed by atoms with Gasteiger partial charge in [0.2, 0.25) is 0 Å². The van der Waals surface area contributed by atoms with Gasteiger partial charge in [0.1, 0.15) is 17.2 Å². The Morgan fingerprint density at radius 3 is 1.86 bits per heavy atom. The van der Waals surface area contributed by atoms with E-state index in [9.17, 15) is 23.1 Å². The summed E-state index contributed by atoms with van der Waals surface area (Å²) in [4.78, 5) is 13.8. The Kier molecular flexibility index (Phi) is 8.69. The number of hydrogen-bond acceptors (Lipinski definition) is 7. The summed E-state index contributed by atoms with van der Waals surface area (Å²) >= 11 is 0. The van der Waals surface area contributed by atoms with Crippen LogP contribution in [-0.2, 0) is 17.2 Å². The average molecular weight is 497 g/mol. The van der Waals surface area contributed by atoms with E-state index in [1.54, 1.807) is 0 Å². The molecular formula is C25H28N4O5S. The van der Waals surface area contributed by atoms with E-state index in [-0.39, 0.29) is 5.69 Å². The molecule has 1 aromatic heterocycles. The molecule has 3 aromatic rings. The molecule has 184 valence electrons. The van der Waals surface area contributed by atoms with E-state index >= 15 is 0 Å². The van der Waals surface area contributed by atoms with Crippen molar-refractivity contribution in [2.75, 3.05) is 38.1 Å². The molecular weight excluding hydrogens is 468 g/mol. The highest BCUT2D eigenvalue weighted by Crippen LogP contribution is 2.18. The van der Waals surface area contributed by atoms with Crippen LogP contribution in [0.1, 0.15) is 11.1 Å². The molecule has 1 aliphatic rings. The zero-order chi connectivity index (χ0) is 25.4. The lowest BCUT2D eigenvalue weighted by atomic mass is 10.1. The molecule has 0 amide bonds. The van der Waals surface area contributed by atoms with E-state index < -0.39 is 19.9 Å². The van der Waals surface area contributed by atoms with Crippen LogP contribution in [0.4, 0.5) is 11.4 Å². The minimum absolute atomic E-state index is 0.257. The molecule has 0 unspecified atom stereocenters. The van der Waals surface area contributed by atoms with Gasteiger partial charge < -0.3 is 14.4 Å². The molecule has 0 atom stereocenters. The summed E-state index contributed by atoms with van der Waals surface area (Å²) in [5.74, 6) is 0. The number of nitro groups is 1. The van der Waals surface area contributed by atoms with E-state index in [4.69, 9.17) is 0 Å². The second-order valence-electron chi connectivity index (χ2n) is 8.22. The highest BCUT2D eigenvalue weighted by atomic mass is 32.2. The first-order chi connectivity index (χ1) is 16.6. The number of hydrogen-bond donors (Lipinski definition) is 0. The maximum atomic E-state index is 10.4. The Hall–Kier alpha value is -3.60. The number of non-ortho nitro benzene ring substituents is 1. The van der Waals surface area contributed by atoms with Crippen molar-refractivity contribution < 1.29 is 22.5 Å². The van der Waals surface area contributed by atoms with E-state index in [2.05, 4.69) is 77.8 Å². The maximum Gasteiger partial charge on any atom is 0.269 e. The molecule has 9 nitrogen and oxygen atoms in total. The summed E-state index contributed by atoms with van der Waals surface area (Å²) in [7, 11) is -0.296. The molecule has 0 radical (unpaired) electrons. The van der Waals surface area contributed by atoms with E-state index in [1.165, 1.54) is 16.8 Å². The number of aryl methyl sites for hydroxylation is 1. The van der Waals surface area contributed by atoms with Crippen LogP contribution in [0, 0.1) is 10.1 Å². The van der Waals surface area contributed by atoms with Crippen molar-refractivity contribution in [3.63, 3.8) is 0 Å². The normalized spacial score (nSPS) is 14.4. The largest absolute Gasteiger partial charge is 0.744 e. The fourth-order valence-corrected chi connectivity index (χ4v) is 3.88. The lowest BCUT2D eigenvalue weighted by molar-refractivity contribution is -0.671. The van der Waals surface area contributed by atoms with Crippen molar-refractivity contribution >= 4 is 33.6 Å². The van der Waals surface area contributed by atoms with Gasteiger partial charge in [-0.05, 0) is 42.4 Å². The van der Waals surface area contributed by atoms with Gasteiger partial charge >= 0.3 is 0 Å². The van der Waals surface area contributed by atoms with Crippen LogP contribution in [0.15, 0.2) is 78.0 Å². The van der Waals surface area contributed by atoms with Crippen molar-refractivity contribution in [3.05, 3.63) is 94.3 Å². The van der Waals surface area contributed by atoms with Gasteiger partial charge in [0.25, 0.3) is 5.69 Å². The van der Waals surface area contributed by atoms with Crippen molar-refractivity contribution in [1.29, 1.82) is 0 Å². The van der Waals surface area contributed by atoms with Gasteiger partial charge in [-0.15, -0.1) is 0 Å². The van der Waals surface area contributed by atoms with E-state index in [1.807, 2.05) is 11.6 Å². The molecule has 0 N–H and O–H groups in total. The predicted molar refractivity (Wildman–Crippen MR) is 134 cm³/mol. The Labute approximate surface area is 205 Å². The second-order valence-corrected chi connectivity index (χ2v) is 9.60. The Balaban J connectivity index is 0.000000225. The number of nitrogens with zero attached hydrogens (tertiary/aromatic N) is 4. The molecule has 0 bridgehead atoms. The third-order valence-electron chi connectivity index (χ3n) is 5.57. The summed E-state index contributed by atoms with van der Waals surface area (Å²) in [6.45, 7) is 4.53. The molecule has 0 spiro atoms. The molecule has 1 saturated heterocycles. The number of nitro benzene ring substituents is 1. The monoisotopic (exact) mass is 496 g/mol. The average Bonchev–Trinajstić information content (AvgIpc) is 2.84. The lowest BCUT2D eigenvalue weighted by Crippen LogP contribution is -2.44. The zero-order valence-corrected chi connectivity index (χ0v) is 20.5. The van der Waals surface area contributed by atoms with Crippen LogP contribution < -0.4 is 9.47 Å². The highest BCUT2D eigenvalue weighted by Gasteiger charge is 2.13. The summed E-state index contributed by atoms with van der Waals surface area (Å²) in [6, 6.07) is 16.8. The number of pyridine rings is 1. The van der Waals surface area contributed by atoms with Crippen molar-refractivity contribution in [2.45, 2.75) is 4.90 Å². The third kappa shape index (κ3) is 7.99.